The van der Waals surface area contributed by atoms with Crippen LogP contribution >= 0.6 is 0 Å². The third-order valence-corrected chi connectivity index (χ3v) is 16.2. The van der Waals surface area contributed by atoms with Crippen LogP contribution < -0.4 is 5.32 Å². The van der Waals surface area contributed by atoms with Crippen LogP contribution in [0.2, 0.25) is 0 Å². The number of aldehydes is 1. The van der Waals surface area contributed by atoms with E-state index in [-0.39, 0.29) is 72.5 Å². The summed E-state index contributed by atoms with van der Waals surface area (Å²) >= 11 is 0. The maximum atomic E-state index is 13.0. The third-order valence-electron chi connectivity index (χ3n) is 16.2. The Morgan fingerprint density at radius 1 is 0.721 bits per heavy atom. The molecule has 11 atom stereocenters. The average molecular weight is 976 g/mol. The number of alkyl halides is 2. The lowest BCUT2D eigenvalue weighted by molar-refractivity contribution is -0.397. The number of amides is 2. The molecule has 19 heteroatoms. The number of carbonyl (C=O) groups excluding carboxylic acids is 3. The molecule has 8 aliphatic rings. The molecule has 0 unspecified atom stereocenters. The predicted molar refractivity (Wildman–Crippen MR) is 244 cm³/mol. The van der Waals surface area contributed by atoms with Crippen molar-refractivity contribution in [3.05, 3.63) is 0 Å². The molecule has 0 bridgehead atoms. The fraction of sp³-hybridized carbons (Fsp3) is 0.939. The van der Waals surface area contributed by atoms with Gasteiger partial charge in [0.15, 0.2) is 11.6 Å². The fourth-order valence-corrected chi connectivity index (χ4v) is 11.5. The van der Waals surface area contributed by atoms with E-state index in [4.69, 9.17) is 37.9 Å². The Kier molecular flexibility index (Phi) is 15.6. The Morgan fingerprint density at radius 3 is 1.50 bits per heavy atom. The smallest absolute Gasteiger partial charge is 0.410 e. The SMILES string of the molecule is CO[C@@]1(C)O[C@@H]2[C@@H](CC=O)C3(CC3)N(C(=O)OC(C)(C)C)C[C@H]2OC1(C)C.CO[C@@]1(C)O[C@@H]2[C@@H](CCO)C3(CC3)N(C(=O)OC(C)(C)C)C[C@H]2OC1(C)C.O[C@H]1[C@H](O)CNC2(CC2)[C@@H]1CC(F)F. The van der Waals surface area contributed by atoms with Gasteiger partial charge in [-0.1, -0.05) is 0 Å². The molecule has 3 saturated carbocycles. The van der Waals surface area contributed by atoms with Crippen molar-refractivity contribution in [2.24, 2.45) is 17.8 Å². The van der Waals surface area contributed by atoms with E-state index in [1.807, 2.05) is 88.0 Å². The van der Waals surface area contributed by atoms with Gasteiger partial charge in [-0.3, -0.25) is 9.80 Å². The van der Waals surface area contributed by atoms with Gasteiger partial charge in [0, 0.05) is 63.5 Å². The maximum Gasteiger partial charge on any atom is 0.410 e. The molecule has 3 aliphatic carbocycles. The number of methoxy groups -OCH3 is 2. The molecule has 4 N–H and O–H groups in total. The van der Waals surface area contributed by atoms with Crippen molar-refractivity contribution >= 4 is 18.5 Å². The lowest BCUT2D eigenvalue weighted by Crippen LogP contribution is -2.72. The molecule has 8 fully saturated rings. The molecule has 5 aliphatic heterocycles. The summed E-state index contributed by atoms with van der Waals surface area (Å²) in [5.74, 6) is -2.51. The van der Waals surface area contributed by atoms with Gasteiger partial charge >= 0.3 is 12.2 Å². The number of aliphatic hydroxyl groups excluding tert-OH is 3. The number of aliphatic hydroxyl groups is 3. The summed E-state index contributed by atoms with van der Waals surface area (Å²) in [6.07, 6.45) is 0.351. The van der Waals surface area contributed by atoms with E-state index in [2.05, 4.69) is 5.32 Å². The predicted octanol–water partition coefficient (Wildman–Crippen LogP) is 5.71. The first-order valence-corrected chi connectivity index (χ1v) is 24.6. The van der Waals surface area contributed by atoms with Crippen LogP contribution in [0, 0.1) is 17.8 Å². The van der Waals surface area contributed by atoms with Gasteiger partial charge in [0.1, 0.15) is 40.9 Å². The van der Waals surface area contributed by atoms with Gasteiger partial charge in [0.2, 0.25) is 6.43 Å². The first-order chi connectivity index (χ1) is 31.3. The zero-order valence-electron chi connectivity index (χ0n) is 43.0. The molecule has 0 aromatic carbocycles. The second-order valence-electron chi connectivity index (χ2n) is 23.6. The normalized spacial score (nSPS) is 37.7. The first-order valence-electron chi connectivity index (χ1n) is 24.6. The Hall–Kier alpha value is -2.33. The lowest BCUT2D eigenvalue weighted by Gasteiger charge is -2.58. The van der Waals surface area contributed by atoms with Crippen molar-refractivity contribution in [1.82, 2.24) is 15.1 Å². The summed E-state index contributed by atoms with van der Waals surface area (Å²) in [7, 11) is 3.22. The number of piperidine rings is 3. The minimum atomic E-state index is -2.42. The highest BCUT2D eigenvalue weighted by molar-refractivity contribution is 5.71. The average Bonchev–Trinajstić information content (AvgIpc) is 4.12. The van der Waals surface area contributed by atoms with Gasteiger partial charge < -0.3 is 63.3 Å². The monoisotopic (exact) mass is 976 g/mol. The van der Waals surface area contributed by atoms with E-state index in [9.17, 15) is 38.5 Å². The van der Waals surface area contributed by atoms with Gasteiger partial charge in [-0.15, -0.1) is 0 Å². The Balaban J connectivity index is 0.000000176. The summed E-state index contributed by atoms with van der Waals surface area (Å²) in [6, 6.07) is 0. The molecule has 392 valence electrons. The van der Waals surface area contributed by atoms with Crippen LogP contribution in [0.15, 0.2) is 0 Å². The summed E-state index contributed by atoms with van der Waals surface area (Å²) in [4.78, 5) is 41.0. The summed E-state index contributed by atoms with van der Waals surface area (Å²) in [5.41, 5.74) is -3.57. The number of β-amino-alcohol motifs (C(OH)–C–C–N with tert-alkyl or cyclic N) is 1. The number of carbonyl (C=O) groups is 3. The Bertz CT molecular complexity index is 1800. The number of ether oxygens (including phenoxy) is 8. The van der Waals surface area contributed by atoms with Crippen LogP contribution in [0.4, 0.5) is 18.4 Å². The largest absolute Gasteiger partial charge is 0.444 e. The summed E-state index contributed by atoms with van der Waals surface area (Å²) in [6.45, 7) is 23.8. The molecule has 5 saturated heterocycles. The first kappa shape index (κ1) is 55.0. The minimum Gasteiger partial charge on any atom is -0.444 e. The van der Waals surface area contributed by atoms with E-state index >= 15 is 0 Å². The second-order valence-corrected chi connectivity index (χ2v) is 23.6. The van der Waals surface area contributed by atoms with Crippen molar-refractivity contribution in [2.45, 2.75) is 235 Å². The maximum absolute atomic E-state index is 13.0. The highest BCUT2D eigenvalue weighted by Gasteiger charge is 2.69. The highest BCUT2D eigenvalue weighted by atomic mass is 19.3. The highest BCUT2D eigenvalue weighted by Crippen LogP contribution is 2.59. The van der Waals surface area contributed by atoms with E-state index < -0.39 is 64.1 Å². The van der Waals surface area contributed by atoms with E-state index in [1.165, 1.54) is 0 Å². The van der Waals surface area contributed by atoms with Gasteiger partial charge in [-0.2, -0.15) is 0 Å². The molecule has 0 aromatic rings. The van der Waals surface area contributed by atoms with Crippen molar-refractivity contribution in [3.63, 3.8) is 0 Å². The van der Waals surface area contributed by atoms with Crippen LogP contribution in [-0.4, -0.2) is 178 Å². The van der Waals surface area contributed by atoms with Crippen molar-refractivity contribution in [1.29, 1.82) is 0 Å². The number of fused-ring (bicyclic) bond motifs is 2. The van der Waals surface area contributed by atoms with Crippen LogP contribution in [0.1, 0.15) is 141 Å². The Labute approximate surface area is 401 Å². The van der Waals surface area contributed by atoms with E-state index in [0.717, 1.165) is 44.8 Å². The topological polar surface area (TPSA) is 204 Å². The summed E-state index contributed by atoms with van der Waals surface area (Å²) < 4.78 is 72.9. The van der Waals surface area contributed by atoms with E-state index in [1.54, 1.807) is 19.1 Å². The Morgan fingerprint density at radius 2 is 1.15 bits per heavy atom. The summed E-state index contributed by atoms with van der Waals surface area (Å²) in [5, 5.41) is 31.8. The molecule has 5 heterocycles. The fourth-order valence-electron chi connectivity index (χ4n) is 11.5. The number of likely N-dealkylation sites (tertiary alicyclic amines) is 2. The lowest BCUT2D eigenvalue weighted by atomic mass is 9.78. The van der Waals surface area contributed by atoms with Crippen LogP contribution in [0.3, 0.4) is 0 Å². The van der Waals surface area contributed by atoms with Crippen molar-refractivity contribution in [2.75, 3.05) is 40.5 Å². The quantitative estimate of drug-likeness (QED) is 0.215. The molecule has 0 aromatic heterocycles. The van der Waals surface area contributed by atoms with Gasteiger partial charge in [-0.05, 0) is 128 Å². The molecule has 68 heavy (non-hydrogen) atoms. The molecular formula is C49H83F2N3O14. The standard InChI is InChI=1S/C20H35NO6.C20H33NO6.C9H15F2NO2/c2*1-17(2,3)27-16(23)21-12-14-15(13(8-11-22)20(21)9-10-20)26-19(6,24-7)18(4,5)25-14;10-7(11)3-5-8(14)6(13)4-12-9(5)1-2-9/h13-15,22H,8-12H2,1-7H3;11,13-15H,8-10,12H2,1-7H3;5-8,12-14H,1-4H2/t2*13-,14-,15-,19+;5-,6-,8-/m111/s1. The zero-order chi connectivity index (χ0) is 50.8. The van der Waals surface area contributed by atoms with E-state index in [0.29, 0.717) is 32.5 Å². The van der Waals surface area contributed by atoms with Crippen LogP contribution in [0.25, 0.3) is 0 Å². The molecular weight excluding hydrogens is 893 g/mol. The number of nitrogens with zero attached hydrogens (tertiary/aromatic N) is 2. The minimum absolute atomic E-state index is 0.0284. The molecule has 17 nitrogen and oxygen atoms in total. The van der Waals surface area contributed by atoms with Gasteiger partial charge in [-0.25, -0.2) is 18.4 Å². The second kappa shape index (κ2) is 19.3. The molecule has 8 rings (SSSR count). The van der Waals surface area contributed by atoms with Gasteiger partial charge in [0.25, 0.3) is 0 Å². The number of rotatable bonds is 8. The third kappa shape index (κ3) is 10.7. The number of nitrogens with one attached hydrogen (secondary N) is 1. The molecule has 2 amide bonds. The van der Waals surface area contributed by atoms with Crippen LogP contribution in [-0.2, 0) is 42.7 Å². The van der Waals surface area contributed by atoms with Gasteiger partial charge in [0.05, 0.1) is 48.6 Å². The zero-order valence-corrected chi connectivity index (χ0v) is 43.0. The van der Waals surface area contributed by atoms with Crippen molar-refractivity contribution < 1.29 is 76.4 Å². The number of hydrogen-bond donors (Lipinski definition) is 4. The number of hydrogen-bond acceptors (Lipinski definition) is 15. The number of halogens is 2. The van der Waals surface area contributed by atoms with Crippen LogP contribution in [0.5, 0.6) is 0 Å². The molecule has 0 radical (unpaired) electrons. The van der Waals surface area contributed by atoms with Crippen molar-refractivity contribution in [3.8, 4) is 0 Å². The molecule has 3 spiro atoms.